The molecule has 1 aliphatic rings. The smallest absolute Gasteiger partial charge is 0.317 e. The standard InChI is InChI=1S/C7H13NO2.ClH/c1-6-2-3-8(4-6)5-7(9)10;/h6H,2-5H2,1H3,(H,9,10);1H. The maximum Gasteiger partial charge on any atom is 0.317 e. The Morgan fingerprint density at radius 1 is 1.73 bits per heavy atom. The number of carboxylic acid groups (broad SMARTS) is 1. The lowest BCUT2D eigenvalue weighted by Crippen LogP contribution is -2.27. The van der Waals surface area contributed by atoms with Crippen molar-refractivity contribution in [1.82, 2.24) is 4.90 Å². The molecule has 1 heterocycles. The molecule has 0 saturated carbocycles. The third-order valence-corrected chi connectivity index (χ3v) is 1.87. The number of aliphatic carboxylic acids is 1. The van der Waals surface area contributed by atoms with E-state index in [1.165, 1.54) is 0 Å². The lowest BCUT2D eigenvalue weighted by molar-refractivity contribution is -0.138. The molecule has 1 fully saturated rings. The first-order chi connectivity index (χ1) is 4.68. The Bertz CT molecular complexity index is 140. The number of carbonyl (C=O) groups is 1. The van der Waals surface area contributed by atoms with Crippen molar-refractivity contribution in [3.05, 3.63) is 0 Å². The Labute approximate surface area is 72.8 Å². The summed E-state index contributed by atoms with van der Waals surface area (Å²) in [5, 5.41) is 8.42. The van der Waals surface area contributed by atoms with E-state index in [9.17, 15) is 4.79 Å². The molecule has 66 valence electrons. The zero-order chi connectivity index (χ0) is 7.56. The predicted octanol–water partition coefficient (Wildman–Crippen LogP) is 0.835. The second-order valence-electron chi connectivity index (χ2n) is 3.02. The van der Waals surface area contributed by atoms with Crippen LogP contribution in [0.3, 0.4) is 0 Å². The van der Waals surface area contributed by atoms with Crippen molar-refractivity contribution < 1.29 is 9.90 Å². The summed E-state index contributed by atoms with van der Waals surface area (Å²) in [4.78, 5) is 12.2. The van der Waals surface area contributed by atoms with Crippen molar-refractivity contribution >= 4 is 18.4 Å². The molecular weight excluding hydrogens is 166 g/mol. The molecule has 1 unspecified atom stereocenters. The molecule has 3 nitrogen and oxygen atoms in total. The van der Waals surface area contributed by atoms with Crippen LogP contribution in [0.4, 0.5) is 0 Å². The van der Waals surface area contributed by atoms with Crippen LogP contribution in [0.25, 0.3) is 0 Å². The van der Waals surface area contributed by atoms with Crippen molar-refractivity contribution in [3.8, 4) is 0 Å². The van der Waals surface area contributed by atoms with Crippen molar-refractivity contribution in [2.75, 3.05) is 19.6 Å². The van der Waals surface area contributed by atoms with Crippen LogP contribution in [0.15, 0.2) is 0 Å². The first kappa shape index (κ1) is 10.7. The normalized spacial score (nSPS) is 24.6. The van der Waals surface area contributed by atoms with Gasteiger partial charge in [0.05, 0.1) is 6.54 Å². The molecule has 1 rings (SSSR count). The summed E-state index contributed by atoms with van der Waals surface area (Å²) in [6.45, 7) is 4.27. The highest BCUT2D eigenvalue weighted by Gasteiger charge is 2.19. The Balaban J connectivity index is 0.000001000. The highest BCUT2D eigenvalue weighted by Crippen LogP contribution is 2.13. The molecule has 0 aromatic heterocycles. The Morgan fingerprint density at radius 2 is 2.36 bits per heavy atom. The van der Waals surface area contributed by atoms with E-state index in [0.717, 1.165) is 19.5 Å². The first-order valence-corrected chi connectivity index (χ1v) is 3.62. The van der Waals surface area contributed by atoms with Gasteiger partial charge in [0.1, 0.15) is 0 Å². The summed E-state index contributed by atoms with van der Waals surface area (Å²) >= 11 is 0. The van der Waals surface area contributed by atoms with E-state index in [1.807, 2.05) is 4.90 Å². The molecule has 1 atom stereocenters. The third kappa shape index (κ3) is 3.58. The van der Waals surface area contributed by atoms with Crippen LogP contribution < -0.4 is 0 Å². The van der Waals surface area contributed by atoms with Gasteiger partial charge >= 0.3 is 5.97 Å². The van der Waals surface area contributed by atoms with E-state index in [1.54, 1.807) is 0 Å². The molecule has 11 heavy (non-hydrogen) atoms. The van der Waals surface area contributed by atoms with Gasteiger partial charge in [-0.1, -0.05) is 6.92 Å². The molecule has 0 aliphatic carbocycles. The van der Waals surface area contributed by atoms with Crippen molar-refractivity contribution in [1.29, 1.82) is 0 Å². The van der Waals surface area contributed by atoms with Crippen molar-refractivity contribution in [2.45, 2.75) is 13.3 Å². The largest absolute Gasteiger partial charge is 0.480 e. The highest BCUT2D eigenvalue weighted by molar-refractivity contribution is 5.85. The fourth-order valence-electron chi connectivity index (χ4n) is 1.36. The van der Waals surface area contributed by atoms with Gasteiger partial charge in [-0.3, -0.25) is 9.69 Å². The highest BCUT2D eigenvalue weighted by atomic mass is 35.5. The second kappa shape index (κ2) is 4.57. The van der Waals surface area contributed by atoms with Gasteiger partial charge in [0.25, 0.3) is 0 Å². The molecular formula is C7H14ClNO2. The molecule has 0 radical (unpaired) electrons. The van der Waals surface area contributed by atoms with E-state index in [2.05, 4.69) is 6.92 Å². The van der Waals surface area contributed by atoms with Gasteiger partial charge in [-0.05, 0) is 18.9 Å². The number of hydrogen-bond donors (Lipinski definition) is 1. The second-order valence-corrected chi connectivity index (χ2v) is 3.02. The van der Waals surface area contributed by atoms with Crippen LogP contribution in [-0.2, 0) is 4.79 Å². The van der Waals surface area contributed by atoms with Gasteiger partial charge in [0.2, 0.25) is 0 Å². The quantitative estimate of drug-likeness (QED) is 0.683. The van der Waals surface area contributed by atoms with E-state index in [4.69, 9.17) is 5.11 Å². The molecule has 1 saturated heterocycles. The summed E-state index contributed by atoms with van der Waals surface area (Å²) < 4.78 is 0. The predicted molar refractivity (Wildman–Crippen MR) is 45.1 cm³/mol. The molecule has 1 N–H and O–H groups in total. The minimum Gasteiger partial charge on any atom is -0.480 e. The molecule has 0 spiro atoms. The van der Waals surface area contributed by atoms with Gasteiger partial charge in [-0.25, -0.2) is 0 Å². The lowest BCUT2D eigenvalue weighted by atomic mass is 10.2. The van der Waals surface area contributed by atoms with Crippen LogP contribution >= 0.6 is 12.4 Å². The Morgan fingerprint density at radius 3 is 2.73 bits per heavy atom. The Kier molecular flexibility index (Phi) is 4.45. The van der Waals surface area contributed by atoms with Gasteiger partial charge in [-0.2, -0.15) is 0 Å². The monoisotopic (exact) mass is 179 g/mol. The summed E-state index contributed by atoms with van der Waals surface area (Å²) in [7, 11) is 0. The van der Waals surface area contributed by atoms with Crippen LogP contribution in [0, 0.1) is 5.92 Å². The zero-order valence-corrected chi connectivity index (χ0v) is 7.43. The van der Waals surface area contributed by atoms with E-state index in [0.29, 0.717) is 5.92 Å². The summed E-state index contributed by atoms with van der Waals surface area (Å²) in [5.74, 6) is -0.0338. The van der Waals surface area contributed by atoms with E-state index >= 15 is 0 Å². The van der Waals surface area contributed by atoms with E-state index in [-0.39, 0.29) is 19.0 Å². The van der Waals surface area contributed by atoms with Gasteiger partial charge in [0.15, 0.2) is 0 Å². The maximum atomic E-state index is 10.2. The topological polar surface area (TPSA) is 40.5 Å². The minimum atomic E-state index is -0.714. The number of rotatable bonds is 2. The number of hydrogen-bond acceptors (Lipinski definition) is 2. The van der Waals surface area contributed by atoms with Crippen LogP contribution in [0.1, 0.15) is 13.3 Å². The zero-order valence-electron chi connectivity index (χ0n) is 6.62. The van der Waals surface area contributed by atoms with Gasteiger partial charge in [0, 0.05) is 6.54 Å². The fourth-order valence-corrected chi connectivity index (χ4v) is 1.36. The SMILES string of the molecule is CC1CCN(CC(=O)O)C1.Cl. The Hall–Kier alpha value is -0.280. The maximum absolute atomic E-state index is 10.2. The van der Waals surface area contributed by atoms with E-state index < -0.39 is 5.97 Å². The summed E-state index contributed by atoms with van der Waals surface area (Å²) in [6, 6.07) is 0. The minimum absolute atomic E-state index is 0. The van der Waals surface area contributed by atoms with Crippen LogP contribution in [0.5, 0.6) is 0 Å². The number of halogens is 1. The van der Waals surface area contributed by atoms with Crippen LogP contribution in [0.2, 0.25) is 0 Å². The number of carboxylic acids is 1. The lowest BCUT2D eigenvalue weighted by Gasteiger charge is -2.10. The average molecular weight is 180 g/mol. The summed E-state index contributed by atoms with van der Waals surface area (Å²) in [5.41, 5.74) is 0. The van der Waals surface area contributed by atoms with Gasteiger partial charge < -0.3 is 5.11 Å². The molecule has 0 bridgehead atoms. The summed E-state index contributed by atoms with van der Waals surface area (Å²) in [6.07, 6.45) is 1.15. The van der Waals surface area contributed by atoms with Crippen molar-refractivity contribution in [3.63, 3.8) is 0 Å². The fraction of sp³-hybridized carbons (Fsp3) is 0.857. The molecule has 0 aromatic carbocycles. The van der Waals surface area contributed by atoms with Gasteiger partial charge in [-0.15, -0.1) is 12.4 Å². The molecule has 0 amide bonds. The molecule has 1 aliphatic heterocycles. The molecule has 4 heteroatoms. The first-order valence-electron chi connectivity index (χ1n) is 3.62. The molecule has 0 aromatic rings. The number of likely N-dealkylation sites (tertiary alicyclic amines) is 1. The third-order valence-electron chi connectivity index (χ3n) is 1.87. The average Bonchev–Trinajstić information content (AvgIpc) is 2.13. The number of nitrogens with zero attached hydrogens (tertiary/aromatic N) is 1. The van der Waals surface area contributed by atoms with Crippen LogP contribution in [-0.4, -0.2) is 35.6 Å². The van der Waals surface area contributed by atoms with Crippen molar-refractivity contribution in [2.24, 2.45) is 5.92 Å².